The van der Waals surface area contributed by atoms with Crippen molar-refractivity contribution in [2.45, 2.75) is 52.2 Å². The summed E-state index contributed by atoms with van der Waals surface area (Å²) in [7, 11) is 0. The Morgan fingerprint density at radius 2 is 1.92 bits per heavy atom. The Labute approximate surface area is 148 Å². The quantitative estimate of drug-likeness (QED) is 0.773. The van der Waals surface area contributed by atoms with Crippen molar-refractivity contribution < 1.29 is 19.4 Å². The number of hydrogen-bond donors (Lipinski definition) is 2. The molecule has 0 spiro atoms. The van der Waals surface area contributed by atoms with Gasteiger partial charge in [0.1, 0.15) is 24.0 Å². The molecule has 2 fully saturated rings. The molecule has 136 valence electrons. The van der Waals surface area contributed by atoms with Crippen LogP contribution in [0.1, 0.15) is 36.5 Å². The Kier molecular flexibility index (Phi) is 4.49. The van der Waals surface area contributed by atoms with Crippen LogP contribution < -0.4 is 10.1 Å². The van der Waals surface area contributed by atoms with Gasteiger partial charge < -0.3 is 15.2 Å². The van der Waals surface area contributed by atoms with E-state index in [4.69, 9.17) is 4.74 Å². The molecule has 1 saturated heterocycles. The molecule has 1 aromatic carbocycles. The highest BCUT2D eigenvalue weighted by molar-refractivity contribution is 6.07. The number of nitrogens with one attached hydrogen (secondary N) is 1. The molecule has 0 aromatic heterocycles. The fourth-order valence-corrected chi connectivity index (χ4v) is 3.41. The Morgan fingerprint density at radius 1 is 1.28 bits per heavy atom. The highest BCUT2D eigenvalue weighted by Crippen LogP contribution is 2.42. The van der Waals surface area contributed by atoms with Gasteiger partial charge in [0.25, 0.3) is 5.91 Å². The Bertz CT molecular complexity index is 714. The van der Waals surface area contributed by atoms with Gasteiger partial charge >= 0.3 is 6.03 Å². The van der Waals surface area contributed by atoms with Crippen LogP contribution >= 0.6 is 0 Å². The lowest BCUT2D eigenvalue weighted by atomic mass is 9.96. The lowest BCUT2D eigenvalue weighted by Gasteiger charge is -2.22. The fourth-order valence-electron chi connectivity index (χ4n) is 3.41. The molecule has 3 amide bonds. The third-order valence-corrected chi connectivity index (χ3v) is 5.38. The van der Waals surface area contributed by atoms with Crippen molar-refractivity contribution in [1.82, 2.24) is 10.2 Å². The summed E-state index contributed by atoms with van der Waals surface area (Å²) in [6.07, 6.45) is 0.970. The van der Waals surface area contributed by atoms with Crippen molar-refractivity contribution in [2.75, 3.05) is 13.2 Å². The lowest BCUT2D eigenvalue weighted by Crippen LogP contribution is -2.46. The van der Waals surface area contributed by atoms with Crippen LogP contribution in [0.4, 0.5) is 4.79 Å². The first-order valence-corrected chi connectivity index (χ1v) is 8.76. The van der Waals surface area contributed by atoms with E-state index in [9.17, 15) is 14.7 Å². The Hall–Kier alpha value is -2.08. The number of ether oxygens (including phenoxy) is 1. The number of nitrogens with zero attached hydrogens (tertiary/aromatic N) is 1. The average Bonchev–Trinajstić information content (AvgIpc) is 3.37. The van der Waals surface area contributed by atoms with Gasteiger partial charge in [0.15, 0.2) is 0 Å². The zero-order valence-electron chi connectivity index (χ0n) is 15.3. The summed E-state index contributed by atoms with van der Waals surface area (Å²) in [5, 5.41) is 13.1. The number of amides is 3. The highest BCUT2D eigenvalue weighted by atomic mass is 16.5. The fraction of sp³-hybridized carbons (Fsp3) is 0.579. The molecule has 6 nitrogen and oxygen atoms in total. The van der Waals surface area contributed by atoms with Crippen molar-refractivity contribution in [3.8, 4) is 5.75 Å². The molecule has 6 heteroatoms. The van der Waals surface area contributed by atoms with Crippen LogP contribution in [0, 0.1) is 26.7 Å². The third kappa shape index (κ3) is 3.23. The second-order valence-corrected chi connectivity index (χ2v) is 7.44. The maximum Gasteiger partial charge on any atom is 0.325 e. The number of urea groups is 1. The van der Waals surface area contributed by atoms with Gasteiger partial charge in [0.05, 0.1) is 6.54 Å². The van der Waals surface area contributed by atoms with Crippen molar-refractivity contribution in [2.24, 2.45) is 5.92 Å². The third-order valence-electron chi connectivity index (χ3n) is 5.38. The van der Waals surface area contributed by atoms with Gasteiger partial charge in [0.2, 0.25) is 0 Å². The molecular formula is C19H26N2O4. The molecule has 0 bridgehead atoms. The number of carbonyl (C=O) groups is 2. The summed E-state index contributed by atoms with van der Waals surface area (Å²) in [6.45, 7) is 7.67. The summed E-state index contributed by atoms with van der Waals surface area (Å²) >= 11 is 0. The molecule has 25 heavy (non-hydrogen) atoms. The van der Waals surface area contributed by atoms with Crippen molar-refractivity contribution in [3.63, 3.8) is 0 Å². The van der Waals surface area contributed by atoms with E-state index in [1.54, 1.807) is 6.92 Å². The van der Waals surface area contributed by atoms with E-state index in [1.165, 1.54) is 0 Å². The van der Waals surface area contributed by atoms with Gasteiger partial charge in [-0.15, -0.1) is 0 Å². The molecule has 0 radical (unpaired) electrons. The molecular weight excluding hydrogens is 320 g/mol. The number of imide groups is 1. The number of benzene rings is 1. The minimum atomic E-state index is -0.935. The predicted octanol–water partition coefficient (Wildman–Crippen LogP) is 2.07. The van der Waals surface area contributed by atoms with Crippen LogP contribution in [0.5, 0.6) is 5.75 Å². The number of hydrogen-bond acceptors (Lipinski definition) is 4. The second kappa shape index (κ2) is 6.33. The van der Waals surface area contributed by atoms with Crippen LogP contribution in [0.3, 0.4) is 0 Å². The van der Waals surface area contributed by atoms with E-state index < -0.39 is 17.7 Å². The van der Waals surface area contributed by atoms with Gasteiger partial charge in [0, 0.05) is 0 Å². The molecule has 2 N–H and O–H groups in total. The van der Waals surface area contributed by atoms with E-state index in [0.29, 0.717) is 0 Å². The molecule has 0 unspecified atom stereocenters. The van der Waals surface area contributed by atoms with Crippen LogP contribution in [0.25, 0.3) is 0 Å². The summed E-state index contributed by atoms with van der Waals surface area (Å²) in [4.78, 5) is 25.8. The largest absolute Gasteiger partial charge is 0.490 e. The van der Waals surface area contributed by atoms with Crippen LogP contribution in [-0.4, -0.2) is 46.7 Å². The minimum absolute atomic E-state index is 0.0301. The number of rotatable bonds is 6. The smallest absolute Gasteiger partial charge is 0.325 e. The van der Waals surface area contributed by atoms with E-state index in [2.05, 4.69) is 5.32 Å². The van der Waals surface area contributed by atoms with Gasteiger partial charge in [-0.3, -0.25) is 9.69 Å². The topological polar surface area (TPSA) is 78.9 Å². The van der Waals surface area contributed by atoms with Gasteiger partial charge in [-0.1, -0.05) is 12.1 Å². The average molecular weight is 346 g/mol. The normalized spacial score (nSPS) is 24.4. The van der Waals surface area contributed by atoms with E-state index in [-0.39, 0.29) is 25.0 Å². The highest BCUT2D eigenvalue weighted by Gasteiger charge is 2.56. The second-order valence-electron chi connectivity index (χ2n) is 7.44. The zero-order valence-corrected chi connectivity index (χ0v) is 15.3. The molecule has 2 atom stereocenters. The Balaban J connectivity index is 1.62. The molecule has 1 heterocycles. The SMILES string of the molecule is Cc1ccc(C)c(OC[C@H](O)CN2C(=O)N[C@@](C)(C3CC3)C2=O)c1C. The number of β-amino-alcohol motifs (C(OH)–C–C–N with tert-alkyl or cyclic N) is 1. The first-order valence-electron chi connectivity index (χ1n) is 8.76. The van der Waals surface area contributed by atoms with Crippen LogP contribution in [0.2, 0.25) is 0 Å². The number of aliphatic hydroxyl groups is 1. The molecule has 1 aliphatic carbocycles. The monoisotopic (exact) mass is 346 g/mol. The van der Waals surface area contributed by atoms with E-state index in [1.807, 2.05) is 32.9 Å². The van der Waals surface area contributed by atoms with Crippen molar-refractivity contribution in [3.05, 3.63) is 28.8 Å². The van der Waals surface area contributed by atoms with Crippen molar-refractivity contribution >= 4 is 11.9 Å². The molecule has 1 saturated carbocycles. The first-order chi connectivity index (χ1) is 11.7. The molecule has 1 aliphatic heterocycles. The summed E-state index contributed by atoms with van der Waals surface area (Å²) < 4.78 is 5.78. The number of carbonyl (C=O) groups excluding carboxylic acids is 2. The standard InChI is InChI=1S/C19H26N2O4/c1-11-5-6-12(2)16(13(11)3)25-10-15(22)9-21-17(23)19(4,14-7-8-14)20-18(21)24/h5-6,14-15,22H,7-10H2,1-4H3,(H,20,24)/t15-,19+/m1/s1. The summed E-state index contributed by atoms with van der Waals surface area (Å²) in [5.41, 5.74) is 2.32. The number of aliphatic hydroxyl groups excluding tert-OH is 1. The van der Waals surface area contributed by atoms with E-state index >= 15 is 0 Å². The lowest BCUT2D eigenvalue weighted by molar-refractivity contribution is -0.132. The van der Waals surface area contributed by atoms with Crippen LogP contribution in [0.15, 0.2) is 12.1 Å². The maximum atomic E-state index is 12.6. The maximum absolute atomic E-state index is 12.6. The van der Waals surface area contributed by atoms with Gasteiger partial charge in [-0.05, 0) is 63.1 Å². The number of aryl methyl sites for hydroxylation is 2. The van der Waals surface area contributed by atoms with Gasteiger partial charge in [-0.25, -0.2) is 4.79 Å². The summed E-state index contributed by atoms with van der Waals surface area (Å²) in [5.74, 6) is 0.709. The zero-order chi connectivity index (χ0) is 18.4. The molecule has 3 rings (SSSR count). The van der Waals surface area contributed by atoms with Gasteiger partial charge in [-0.2, -0.15) is 0 Å². The van der Waals surface area contributed by atoms with Crippen LogP contribution in [-0.2, 0) is 4.79 Å². The minimum Gasteiger partial charge on any atom is -0.490 e. The van der Waals surface area contributed by atoms with E-state index in [0.717, 1.165) is 40.2 Å². The molecule has 2 aliphatic rings. The van der Waals surface area contributed by atoms with Crippen molar-refractivity contribution in [1.29, 1.82) is 0 Å². The first kappa shape index (κ1) is 17.7. The predicted molar refractivity (Wildman–Crippen MR) is 93.5 cm³/mol. The molecule has 1 aromatic rings. The summed E-state index contributed by atoms with van der Waals surface area (Å²) in [6, 6.07) is 3.57. The Morgan fingerprint density at radius 3 is 2.56 bits per heavy atom.